The first-order valence-electron chi connectivity index (χ1n) is 7.05. The predicted octanol–water partition coefficient (Wildman–Crippen LogP) is 3.25. The Hall–Kier alpha value is -0.500. The molecule has 118 valence electrons. The van der Waals surface area contributed by atoms with Crippen LogP contribution in [0.2, 0.25) is 0 Å². The van der Waals surface area contributed by atoms with Crippen molar-refractivity contribution in [2.24, 2.45) is 10.9 Å². The van der Waals surface area contributed by atoms with Gasteiger partial charge in [-0.25, -0.2) is 4.39 Å². The van der Waals surface area contributed by atoms with Gasteiger partial charge in [-0.1, -0.05) is 18.2 Å². The Morgan fingerprint density at radius 2 is 2.10 bits per heavy atom. The van der Waals surface area contributed by atoms with E-state index in [4.69, 9.17) is 0 Å². The summed E-state index contributed by atoms with van der Waals surface area (Å²) in [6.07, 6.45) is 2.67. The summed E-state index contributed by atoms with van der Waals surface area (Å²) in [5.41, 5.74) is 0.772. The molecule has 1 saturated carbocycles. The quantitative estimate of drug-likeness (QED) is 0.306. The van der Waals surface area contributed by atoms with Crippen LogP contribution in [0.4, 0.5) is 4.39 Å². The maximum absolute atomic E-state index is 13.4. The molecule has 0 unspecified atom stereocenters. The maximum atomic E-state index is 13.4. The van der Waals surface area contributed by atoms with Gasteiger partial charge in [0.1, 0.15) is 5.82 Å². The number of nitrogens with one attached hydrogen (secondary N) is 2. The highest BCUT2D eigenvalue weighted by atomic mass is 127. The van der Waals surface area contributed by atoms with Crippen molar-refractivity contribution in [1.29, 1.82) is 0 Å². The fourth-order valence-electron chi connectivity index (χ4n) is 1.82. The smallest absolute Gasteiger partial charge is 0.191 e. The van der Waals surface area contributed by atoms with Gasteiger partial charge in [0.15, 0.2) is 5.96 Å². The standard InChI is InChI=1S/C15H22FN3S.HI/c1-17-15(19-10-12-6-7-12)18-8-9-20-11-13-4-2-3-5-14(13)16;/h2-5,12H,6-11H2,1H3,(H2,17,18,19);1H. The van der Waals surface area contributed by atoms with Gasteiger partial charge in [0.2, 0.25) is 0 Å². The van der Waals surface area contributed by atoms with Gasteiger partial charge in [-0.15, -0.1) is 24.0 Å². The highest BCUT2D eigenvalue weighted by Gasteiger charge is 2.20. The Labute approximate surface area is 147 Å². The van der Waals surface area contributed by atoms with Gasteiger partial charge in [0.05, 0.1) is 0 Å². The predicted molar refractivity (Wildman–Crippen MR) is 100 cm³/mol. The SMILES string of the molecule is CN=C(NCCSCc1ccccc1F)NCC1CC1.I. The van der Waals surface area contributed by atoms with Crippen LogP contribution in [0.25, 0.3) is 0 Å². The fraction of sp³-hybridized carbons (Fsp3) is 0.533. The van der Waals surface area contributed by atoms with Crippen molar-refractivity contribution in [2.45, 2.75) is 18.6 Å². The summed E-state index contributed by atoms with van der Waals surface area (Å²) in [4.78, 5) is 4.18. The second-order valence-corrected chi connectivity index (χ2v) is 6.07. The average molecular weight is 423 g/mol. The molecule has 0 spiro atoms. The molecular formula is C15H23FIN3S. The number of rotatable bonds is 7. The molecule has 1 aromatic rings. The fourth-order valence-corrected chi connectivity index (χ4v) is 2.67. The summed E-state index contributed by atoms with van der Waals surface area (Å²) >= 11 is 1.72. The summed E-state index contributed by atoms with van der Waals surface area (Å²) in [5.74, 6) is 3.23. The average Bonchev–Trinajstić information content (AvgIpc) is 3.28. The maximum Gasteiger partial charge on any atom is 0.191 e. The molecule has 0 radical (unpaired) electrons. The first-order valence-corrected chi connectivity index (χ1v) is 8.20. The first-order chi connectivity index (χ1) is 9.79. The second kappa shape index (κ2) is 10.3. The molecule has 1 aliphatic rings. The van der Waals surface area contributed by atoms with Crippen LogP contribution in [-0.2, 0) is 5.75 Å². The zero-order chi connectivity index (χ0) is 14.2. The van der Waals surface area contributed by atoms with E-state index in [2.05, 4.69) is 15.6 Å². The van der Waals surface area contributed by atoms with E-state index in [0.29, 0.717) is 5.75 Å². The van der Waals surface area contributed by atoms with Gasteiger partial charge in [-0.2, -0.15) is 11.8 Å². The molecule has 0 aromatic heterocycles. The molecule has 2 rings (SSSR count). The van der Waals surface area contributed by atoms with Crippen molar-refractivity contribution in [2.75, 3.05) is 25.9 Å². The Morgan fingerprint density at radius 3 is 2.76 bits per heavy atom. The number of guanidine groups is 1. The van der Waals surface area contributed by atoms with Crippen LogP contribution in [0.3, 0.4) is 0 Å². The Balaban J connectivity index is 0.00000220. The van der Waals surface area contributed by atoms with Crippen molar-refractivity contribution in [3.8, 4) is 0 Å². The topological polar surface area (TPSA) is 36.4 Å². The molecule has 1 aliphatic carbocycles. The van der Waals surface area contributed by atoms with Gasteiger partial charge in [0, 0.05) is 31.6 Å². The summed E-state index contributed by atoms with van der Waals surface area (Å²) in [7, 11) is 1.79. The van der Waals surface area contributed by atoms with Crippen LogP contribution in [0.15, 0.2) is 29.3 Å². The summed E-state index contributed by atoms with van der Waals surface area (Å²) in [6, 6.07) is 6.95. The van der Waals surface area contributed by atoms with Crippen molar-refractivity contribution in [3.63, 3.8) is 0 Å². The zero-order valence-electron chi connectivity index (χ0n) is 12.3. The Kier molecular flexibility index (Phi) is 9.07. The Bertz CT molecular complexity index is 452. The molecular weight excluding hydrogens is 400 g/mol. The lowest BCUT2D eigenvalue weighted by atomic mass is 10.2. The molecule has 21 heavy (non-hydrogen) atoms. The number of halogens is 2. The van der Waals surface area contributed by atoms with Crippen molar-refractivity contribution < 1.29 is 4.39 Å². The van der Waals surface area contributed by atoms with E-state index in [-0.39, 0.29) is 29.8 Å². The number of hydrogen-bond acceptors (Lipinski definition) is 2. The molecule has 6 heteroatoms. The lowest BCUT2D eigenvalue weighted by Gasteiger charge is -2.11. The molecule has 0 amide bonds. The van der Waals surface area contributed by atoms with Crippen LogP contribution in [0.1, 0.15) is 18.4 Å². The number of benzene rings is 1. The normalized spacial score (nSPS) is 14.5. The minimum atomic E-state index is -0.116. The molecule has 1 aromatic carbocycles. The zero-order valence-corrected chi connectivity index (χ0v) is 15.4. The highest BCUT2D eigenvalue weighted by Crippen LogP contribution is 2.27. The number of hydrogen-bond donors (Lipinski definition) is 2. The monoisotopic (exact) mass is 423 g/mol. The molecule has 1 fully saturated rings. The van der Waals surface area contributed by atoms with E-state index >= 15 is 0 Å². The van der Waals surface area contributed by atoms with E-state index in [1.807, 2.05) is 12.1 Å². The number of aliphatic imine (C=N–C) groups is 1. The third-order valence-corrected chi connectivity index (χ3v) is 4.24. The number of nitrogens with zero attached hydrogens (tertiary/aromatic N) is 1. The summed E-state index contributed by atoms with van der Waals surface area (Å²) in [6.45, 7) is 1.85. The van der Waals surface area contributed by atoms with Gasteiger partial charge in [-0.3, -0.25) is 4.99 Å². The van der Waals surface area contributed by atoms with E-state index in [9.17, 15) is 4.39 Å². The van der Waals surface area contributed by atoms with Crippen molar-refractivity contribution in [3.05, 3.63) is 35.6 Å². The van der Waals surface area contributed by atoms with Crippen LogP contribution in [0.5, 0.6) is 0 Å². The van der Waals surface area contributed by atoms with E-state index in [1.54, 1.807) is 24.9 Å². The largest absolute Gasteiger partial charge is 0.356 e. The van der Waals surface area contributed by atoms with Crippen LogP contribution >= 0.6 is 35.7 Å². The third kappa shape index (κ3) is 7.35. The molecule has 3 nitrogen and oxygen atoms in total. The minimum absolute atomic E-state index is 0. The van der Waals surface area contributed by atoms with E-state index in [1.165, 1.54) is 18.9 Å². The summed E-state index contributed by atoms with van der Waals surface area (Å²) < 4.78 is 13.4. The molecule has 0 saturated heterocycles. The van der Waals surface area contributed by atoms with Gasteiger partial charge >= 0.3 is 0 Å². The van der Waals surface area contributed by atoms with Crippen LogP contribution in [-0.4, -0.2) is 31.8 Å². The second-order valence-electron chi connectivity index (χ2n) is 4.97. The minimum Gasteiger partial charge on any atom is -0.356 e. The molecule has 2 N–H and O–H groups in total. The van der Waals surface area contributed by atoms with E-state index < -0.39 is 0 Å². The molecule has 0 heterocycles. The van der Waals surface area contributed by atoms with Crippen molar-refractivity contribution >= 4 is 41.7 Å². The van der Waals surface area contributed by atoms with Gasteiger partial charge < -0.3 is 10.6 Å². The highest BCUT2D eigenvalue weighted by molar-refractivity contribution is 14.0. The van der Waals surface area contributed by atoms with Gasteiger partial charge in [0.25, 0.3) is 0 Å². The lowest BCUT2D eigenvalue weighted by Crippen LogP contribution is -2.39. The van der Waals surface area contributed by atoms with Crippen molar-refractivity contribution in [1.82, 2.24) is 10.6 Å². The molecule has 0 bridgehead atoms. The van der Waals surface area contributed by atoms with Gasteiger partial charge in [-0.05, 0) is 30.4 Å². The Morgan fingerprint density at radius 1 is 1.33 bits per heavy atom. The van der Waals surface area contributed by atoms with Crippen LogP contribution in [0, 0.1) is 11.7 Å². The lowest BCUT2D eigenvalue weighted by molar-refractivity contribution is 0.617. The number of thioether (sulfide) groups is 1. The molecule has 0 aliphatic heterocycles. The first kappa shape index (κ1) is 18.5. The third-order valence-electron chi connectivity index (χ3n) is 3.23. The van der Waals surface area contributed by atoms with E-state index in [0.717, 1.165) is 36.3 Å². The summed E-state index contributed by atoms with van der Waals surface area (Å²) in [5, 5.41) is 6.60. The molecule has 0 atom stereocenters. The van der Waals surface area contributed by atoms with Crippen LogP contribution < -0.4 is 10.6 Å².